The van der Waals surface area contributed by atoms with Crippen molar-refractivity contribution in [3.8, 4) is 11.3 Å². The molecule has 33 heavy (non-hydrogen) atoms. The average Bonchev–Trinajstić information content (AvgIpc) is 3.37. The van der Waals surface area contributed by atoms with Crippen molar-refractivity contribution < 1.29 is 36.3 Å². The molecule has 0 aliphatic heterocycles. The van der Waals surface area contributed by atoms with Crippen molar-refractivity contribution in [3.63, 3.8) is 0 Å². The number of nitrogens with zero attached hydrogens (tertiary/aromatic N) is 3. The lowest BCUT2D eigenvalue weighted by molar-refractivity contribution is -0.230. The lowest BCUT2D eigenvalue weighted by Crippen LogP contribution is -2.70. The van der Waals surface area contributed by atoms with Gasteiger partial charge < -0.3 is 10.1 Å². The molecule has 0 aromatic carbocycles. The Bertz CT molecular complexity index is 1210. The number of thiophene rings is 1. The molecule has 1 amide bonds. The summed E-state index contributed by atoms with van der Waals surface area (Å²) < 4.78 is 72.9. The van der Waals surface area contributed by atoms with Crippen LogP contribution in [-0.4, -0.2) is 50.3 Å². The molecule has 1 aliphatic carbocycles. The molecule has 2 atom stereocenters. The van der Waals surface area contributed by atoms with Crippen LogP contribution in [0.2, 0.25) is 0 Å². The molecule has 1 saturated carbocycles. The van der Waals surface area contributed by atoms with Gasteiger partial charge in [-0.1, -0.05) is 0 Å². The maximum Gasteiger partial charge on any atom is 0.490 e. The summed E-state index contributed by atoms with van der Waals surface area (Å²) in [6.45, 7) is 0. The van der Waals surface area contributed by atoms with Crippen LogP contribution < -0.4 is 11.1 Å². The summed E-state index contributed by atoms with van der Waals surface area (Å²) in [5.41, 5.74) is 4.56. The molecule has 0 spiro atoms. The van der Waals surface area contributed by atoms with E-state index in [1.807, 2.05) is 5.32 Å². The van der Waals surface area contributed by atoms with Crippen LogP contribution in [0.1, 0.15) is 28.9 Å². The molecule has 3 heterocycles. The van der Waals surface area contributed by atoms with Crippen molar-refractivity contribution in [2.75, 3.05) is 0 Å². The molecule has 0 radical (unpaired) electrons. The van der Waals surface area contributed by atoms with E-state index in [0.29, 0.717) is 16.9 Å². The Kier molecular flexibility index (Phi) is 5.60. The second kappa shape index (κ2) is 8.02. The molecular formula is C19H16F5N5O3S. The van der Waals surface area contributed by atoms with Crippen LogP contribution in [0.4, 0.5) is 22.0 Å². The van der Waals surface area contributed by atoms with Crippen LogP contribution in [0.3, 0.4) is 0 Å². The summed E-state index contributed by atoms with van der Waals surface area (Å²) >= 11 is 0.917. The van der Waals surface area contributed by atoms with E-state index in [1.165, 1.54) is 23.0 Å². The van der Waals surface area contributed by atoms with E-state index in [1.54, 1.807) is 17.5 Å². The quantitative estimate of drug-likeness (QED) is 0.331. The van der Waals surface area contributed by atoms with Crippen molar-refractivity contribution in [2.24, 2.45) is 5.73 Å². The Morgan fingerprint density at radius 3 is 2.79 bits per heavy atom. The number of nitrogens with two attached hydrogens (primary N) is 1. The van der Waals surface area contributed by atoms with Gasteiger partial charge in [-0.25, -0.2) is 23.1 Å². The van der Waals surface area contributed by atoms with Crippen LogP contribution in [0.25, 0.3) is 16.9 Å². The number of nitrogens with one attached hydrogen (secondary N) is 1. The number of carbonyl (C=O) groups is 2. The number of rotatable bonds is 4. The van der Waals surface area contributed by atoms with Crippen LogP contribution in [0.15, 0.2) is 36.0 Å². The summed E-state index contributed by atoms with van der Waals surface area (Å²) in [5.74, 6) is -7.42. The fraction of sp³-hybridized carbons (Fsp3) is 0.368. The van der Waals surface area contributed by atoms with Crippen molar-refractivity contribution in [2.45, 2.75) is 43.1 Å². The van der Waals surface area contributed by atoms with Gasteiger partial charge in [0.2, 0.25) is 0 Å². The van der Waals surface area contributed by atoms with Crippen molar-refractivity contribution >= 4 is 28.9 Å². The SMILES string of the molecule is N[C@@]1(OC(=O)C(F)(F)F)CCCC(F)(F)[C@@H]1NC(=O)c1cc(-c2cnc3cccnn23)cs1. The van der Waals surface area contributed by atoms with Gasteiger partial charge in [-0.3, -0.25) is 10.5 Å². The molecule has 8 nitrogen and oxygen atoms in total. The summed E-state index contributed by atoms with van der Waals surface area (Å²) in [6, 6.07) is 2.44. The summed E-state index contributed by atoms with van der Waals surface area (Å²) in [4.78, 5) is 28.2. The first-order valence-corrected chi connectivity index (χ1v) is 10.4. The summed E-state index contributed by atoms with van der Waals surface area (Å²) in [6.07, 6.45) is -3.92. The fourth-order valence-electron chi connectivity index (χ4n) is 3.63. The number of amides is 1. The molecule has 1 fully saturated rings. The van der Waals surface area contributed by atoms with E-state index in [2.05, 4.69) is 14.8 Å². The first kappa shape index (κ1) is 23.0. The number of carbonyl (C=O) groups excluding carboxylic acids is 2. The molecule has 3 N–H and O–H groups in total. The molecule has 4 rings (SSSR count). The molecule has 3 aromatic heterocycles. The minimum atomic E-state index is -5.43. The lowest BCUT2D eigenvalue weighted by atomic mass is 9.83. The molecule has 176 valence electrons. The first-order valence-electron chi connectivity index (χ1n) is 9.56. The molecule has 0 saturated heterocycles. The number of esters is 1. The van der Waals surface area contributed by atoms with Crippen molar-refractivity contribution in [3.05, 3.63) is 40.8 Å². The first-order chi connectivity index (χ1) is 15.4. The van der Waals surface area contributed by atoms with E-state index in [0.717, 1.165) is 11.3 Å². The van der Waals surface area contributed by atoms with Gasteiger partial charge in [-0.2, -0.15) is 18.3 Å². The predicted molar refractivity (Wildman–Crippen MR) is 105 cm³/mol. The number of hydrogen-bond donors (Lipinski definition) is 2. The highest BCUT2D eigenvalue weighted by atomic mass is 32.1. The van der Waals surface area contributed by atoms with Gasteiger partial charge >= 0.3 is 12.1 Å². The lowest BCUT2D eigenvalue weighted by Gasteiger charge is -2.44. The van der Waals surface area contributed by atoms with Crippen LogP contribution in [0.5, 0.6) is 0 Å². The van der Waals surface area contributed by atoms with Crippen molar-refractivity contribution in [1.29, 1.82) is 0 Å². The molecule has 0 bridgehead atoms. The number of aromatic nitrogens is 3. The zero-order valence-corrected chi connectivity index (χ0v) is 17.4. The topological polar surface area (TPSA) is 112 Å². The maximum absolute atomic E-state index is 14.6. The zero-order chi connectivity index (χ0) is 24.0. The number of alkyl halides is 5. The minimum Gasteiger partial charge on any atom is -0.435 e. The Morgan fingerprint density at radius 1 is 1.30 bits per heavy atom. The number of imidazole rings is 1. The van der Waals surface area contributed by atoms with Gasteiger partial charge in [-0.05, 0) is 24.6 Å². The molecule has 3 aromatic rings. The third-order valence-corrected chi connectivity index (χ3v) is 6.10. The van der Waals surface area contributed by atoms with Crippen LogP contribution in [0, 0.1) is 0 Å². The highest BCUT2D eigenvalue weighted by Gasteiger charge is 2.59. The normalized spacial score (nSPS) is 22.8. The summed E-state index contributed by atoms with van der Waals surface area (Å²) in [7, 11) is 0. The van der Waals surface area contributed by atoms with Gasteiger partial charge in [0.1, 0.15) is 6.04 Å². The van der Waals surface area contributed by atoms with E-state index >= 15 is 0 Å². The maximum atomic E-state index is 14.6. The Morgan fingerprint density at radius 2 is 2.06 bits per heavy atom. The molecule has 0 unspecified atom stereocenters. The van der Waals surface area contributed by atoms with Crippen molar-refractivity contribution in [1.82, 2.24) is 19.9 Å². The second-order valence-electron chi connectivity index (χ2n) is 7.50. The van der Waals surface area contributed by atoms with Gasteiger partial charge in [0.05, 0.1) is 16.8 Å². The number of ether oxygens (including phenoxy) is 1. The smallest absolute Gasteiger partial charge is 0.435 e. The third kappa shape index (κ3) is 4.39. The van der Waals surface area contributed by atoms with E-state index in [9.17, 15) is 31.5 Å². The molecule has 14 heteroatoms. The Labute approximate surface area is 186 Å². The molecular weight excluding hydrogens is 473 g/mol. The largest absolute Gasteiger partial charge is 0.490 e. The Balaban J connectivity index is 1.58. The average molecular weight is 489 g/mol. The van der Waals surface area contributed by atoms with Gasteiger partial charge in [0.15, 0.2) is 11.4 Å². The zero-order valence-electron chi connectivity index (χ0n) is 16.6. The minimum absolute atomic E-state index is 0.0123. The standard InChI is InChI=1S/C19H16F5N5O3S/c20-17(21)4-2-5-18(25,32-16(31)19(22,23)24)15(17)28-14(30)12-7-10(9-33-12)11-8-26-13-3-1-6-27-29(11)13/h1,3,6-9,15H,2,4-5,25H2,(H,28,30)/t15-,18+/m0/s1. The van der Waals surface area contributed by atoms with Gasteiger partial charge in [0.25, 0.3) is 11.8 Å². The van der Waals surface area contributed by atoms with Crippen LogP contribution >= 0.6 is 11.3 Å². The highest BCUT2D eigenvalue weighted by molar-refractivity contribution is 7.12. The van der Waals surface area contributed by atoms with Gasteiger partial charge in [-0.15, -0.1) is 11.3 Å². The second-order valence-corrected chi connectivity index (χ2v) is 8.41. The number of hydrogen-bond acceptors (Lipinski definition) is 7. The van der Waals surface area contributed by atoms with Gasteiger partial charge in [0, 0.05) is 30.0 Å². The van der Waals surface area contributed by atoms with E-state index in [-0.39, 0.29) is 11.3 Å². The molecule has 1 aliphatic rings. The summed E-state index contributed by atoms with van der Waals surface area (Å²) in [5, 5.41) is 7.71. The number of fused-ring (bicyclic) bond motifs is 1. The van der Waals surface area contributed by atoms with E-state index < -0.39 is 48.6 Å². The Hall–Kier alpha value is -3.13. The number of halogens is 5. The van der Waals surface area contributed by atoms with Crippen LogP contribution in [-0.2, 0) is 9.53 Å². The highest BCUT2D eigenvalue weighted by Crippen LogP contribution is 2.40. The van der Waals surface area contributed by atoms with E-state index in [4.69, 9.17) is 5.73 Å². The third-order valence-electron chi connectivity index (χ3n) is 5.18. The fourth-order valence-corrected chi connectivity index (χ4v) is 4.44. The predicted octanol–water partition coefficient (Wildman–Crippen LogP) is 3.14. The monoisotopic (exact) mass is 489 g/mol.